The van der Waals surface area contributed by atoms with Gasteiger partial charge in [0.25, 0.3) is 5.91 Å². The number of hydrogen-bond donors (Lipinski definition) is 2. The van der Waals surface area contributed by atoms with Crippen LogP contribution in [0.3, 0.4) is 0 Å². The molecule has 2 N–H and O–H groups in total. The zero-order valence-corrected chi connectivity index (χ0v) is 12.4. The Balaban J connectivity index is 1.96. The van der Waals surface area contributed by atoms with E-state index in [4.69, 9.17) is 4.74 Å². The van der Waals surface area contributed by atoms with Crippen LogP contribution in [0.15, 0.2) is 46.9 Å². The Kier molecular flexibility index (Phi) is 3.36. The SMILES string of the molecule is COc1ccc(C2NC(=O)c3ccccc3N2)c(Br)c1. The molecule has 1 aliphatic heterocycles. The fourth-order valence-electron chi connectivity index (χ4n) is 2.23. The summed E-state index contributed by atoms with van der Waals surface area (Å²) in [6.07, 6.45) is -0.266. The van der Waals surface area contributed by atoms with E-state index in [0.29, 0.717) is 5.56 Å². The van der Waals surface area contributed by atoms with Crippen LogP contribution in [0.1, 0.15) is 22.1 Å². The molecule has 3 rings (SSSR count). The summed E-state index contributed by atoms with van der Waals surface area (Å²) in [7, 11) is 1.62. The molecule has 0 fully saturated rings. The third-order valence-corrected chi connectivity index (χ3v) is 3.95. The van der Waals surface area contributed by atoms with Crippen molar-refractivity contribution >= 4 is 27.5 Å². The molecule has 5 heteroatoms. The molecule has 0 saturated heterocycles. The van der Waals surface area contributed by atoms with Gasteiger partial charge in [0.05, 0.1) is 12.7 Å². The smallest absolute Gasteiger partial charge is 0.255 e. The Labute approximate surface area is 125 Å². The van der Waals surface area contributed by atoms with Gasteiger partial charge < -0.3 is 15.4 Å². The molecule has 2 aromatic rings. The van der Waals surface area contributed by atoms with Crippen LogP contribution >= 0.6 is 15.9 Å². The van der Waals surface area contributed by atoms with Gasteiger partial charge in [-0.15, -0.1) is 0 Å². The first-order valence-electron chi connectivity index (χ1n) is 6.19. The summed E-state index contributed by atoms with van der Waals surface area (Å²) in [4.78, 5) is 12.1. The number of rotatable bonds is 2. The number of ether oxygens (including phenoxy) is 1. The first-order valence-corrected chi connectivity index (χ1v) is 6.98. The first kappa shape index (κ1) is 13.0. The molecule has 102 valence electrons. The maximum Gasteiger partial charge on any atom is 0.255 e. The number of carbonyl (C=O) groups excluding carboxylic acids is 1. The molecule has 1 unspecified atom stereocenters. The number of hydrogen-bond acceptors (Lipinski definition) is 3. The number of methoxy groups -OCH3 is 1. The van der Waals surface area contributed by atoms with Crippen molar-refractivity contribution in [1.29, 1.82) is 0 Å². The average molecular weight is 333 g/mol. The van der Waals surface area contributed by atoms with E-state index in [0.717, 1.165) is 21.5 Å². The predicted octanol–water partition coefficient (Wildman–Crippen LogP) is 3.31. The Morgan fingerprint density at radius 1 is 1.15 bits per heavy atom. The second-order valence-electron chi connectivity index (χ2n) is 4.48. The van der Waals surface area contributed by atoms with Crippen LogP contribution in [0.2, 0.25) is 0 Å². The van der Waals surface area contributed by atoms with E-state index >= 15 is 0 Å². The molecule has 1 aliphatic rings. The third kappa shape index (κ3) is 2.25. The van der Waals surface area contributed by atoms with Crippen LogP contribution < -0.4 is 15.4 Å². The lowest BCUT2D eigenvalue weighted by molar-refractivity contribution is 0.0935. The fourth-order valence-corrected chi connectivity index (χ4v) is 2.82. The molecule has 0 radical (unpaired) electrons. The van der Waals surface area contributed by atoms with Crippen molar-refractivity contribution < 1.29 is 9.53 Å². The van der Waals surface area contributed by atoms with Gasteiger partial charge in [-0.3, -0.25) is 4.79 Å². The summed E-state index contributed by atoms with van der Waals surface area (Å²) in [5.74, 6) is 0.690. The van der Waals surface area contributed by atoms with Crippen LogP contribution in [-0.2, 0) is 0 Å². The molecule has 0 spiro atoms. The van der Waals surface area contributed by atoms with Gasteiger partial charge in [-0.05, 0) is 24.3 Å². The maximum atomic E-state index is 12.1. The van der Waals surface area contributed by atoms with Gasteiger partial charge in [-0.1, -0.05) is 34.1 Å². The number of halogens is 1. The third-order valence-electron chi connectivity index (χ3n) is 3.27. The van der Waals surface area contributed by atoms with Gasteiger partial charge >= 0.3 is 0 Å². The van der Waals surface area contributed by atoms with Gasteiger partial charge in [0.1, 0.15) is 11.9 Å². The molecule has 4 nitrogen and oxygen atoms in total. The molecule has 1 heterocycles. The standard InChI is InChI=1S/C15H13BrN2O2/c1-20-9-6-7-10(12(16)8-9)14-17-13-5-3-2-4-11(13)15(19)18-14/h2-8,14,17H,1H3,(H,18,19). The molecule has 0 aliphatic carbocycles. The van der Waals surface area contributed by atoms with E-state index in [1.165, 1.54) is 0 Å². The normalized spacial score (nSPS) is 16.9. The van der Waals surface area contributed by atoms with Crippen molar-refractivity contribution in [3.8, 4) is 5.75 Å². The van der Waals surface area contributed by atoms with E-state index in [1.807, 2.05) is 36.4 Å². The number of anilines is 1. The van der Waals surface area contributed by atoms with Crippen LogP contribution in [0.4, 0.5) is 5.69 Å². The van der Waals surface area contributed by atoms with E-state index in [-0.39, 0.29) is 12.1 Å². The van der Waals surface area contributed by atoms with Gasteiger partial charge in [-0.2, -0.15) is 0 Å². The van der Waals surface area contributed by atoms with Gasteiger partial charge in [-0.25, -0.2) is 0 Å². The van der Waals surface area contributed by atoms with E-state index in [9.17, 15) is 4.79 Å². The van der Waals surface area contributed by atoms with Crippen molar-refractivity contribution in [2.24, 2.45) is 0 Å². The molecular formula is C15H13BrN2O2. The maximum absolute atomic E-state index is 12.1. The minimum absolute atomic E-state index is 0.0768. The highest BCUT2D eigenvalue weighted by molar-refractivity contribution is 9.10. The molecule has 1 atom stereocenters. The number of fused-ring (bicyclic) bond motifs is 1. The molecule has 20 heavy (non-hydrogen) atoms. The Morgan fingerprint density at radius 2 is 1.95 bits per heavy atom. The quantitative estimate of drug-likeness (QED) is 0.887. The van der Waals surface area contributed by atoms with Crippen molar-refractivity contribution in [3.63, 3.8) is 0 Å². The van der Waals surface area contributed by atoms with Gasteiger partial charge in [0.2, 0.25) is 0 Å². The van der Waals surface area contributed by atoms with Crippen LogP contribution in [0.5, 0.6) is 5.75 Å². The molecule has 2 aromatic carbocycles. The number of para-hydroxylation sites is 1. The highest BCUT2D eigenvalue weighted by atomic mass is 79.9. The van der Waals surface area contributed by atoms with Crippen molar-refractivity contribution in [1.82, 2.24) is 5.32 Å². The number of benzene rings is 2. The van der Waals surface area contributed by atoms with Crippen molar-refractivity contribution in [2.75, 3.05) is 12.4 Å². The summed E-state index contributed by atoms with van der Waals surface area (Å²) >= 11 is 3.51. The van der Waals surface area contributed by atoms with Crippen molar-refractivity contribution in [2.45, 2.75) is 6.17 Å². The summed E-state index contributed by atoms with van der Waals surface area (Å²) in [6, 6.07) is 13.1. The summed E-state index contributed by atoms with van der Waals surface area (Å²) in [6.45, 7) is 0. The van der Waals surface area contributed by atoms with Crippen LogP contribution in [-0.4, -0.2) is 13.0 Å². The molecule has 1 amide bonds. The van der Waals surface area contributed by atoms with Gasteiger partial charge in [0, 0.05) is 15.7 Å². The largest absolute Gasteiger partial charge is 0.497 e. The lowest BCUT2D eigenvalue weighted by atomic mass is 10.1. The van der Waals surface area contributed by atoms with E-state index in [2.05, 4.69) is 26.6 Å². The zero-order valence-electron chi connectivity index (χ0n) is 10.8. The number of carbonyl (C=O) groups is 1. The minimum atomic E-state index is -0.266. The fraction of sp³-hybridized carbons (Fsp3) is 0.133. The van der Waals surface area contributed by atoms with E-state index < -0.39 is 0 Å². The molecule has 0 bridgehead atoms. The van der Waals surface area contributed by atoms with Crippen LogP contribution in [0, 0.1) is 0 Å². The molecular weight excluding hydrogens is 320 g/mol. The van der Waals surface area contributed by atoms with Crippen LogP contribution in [0.25, 0.3) is 0 Å². The highest BCUT2D eigenvalue weighted by Gasteiger charge is 2.25. The summed E-state index contributed by atoms with van der Waals surface area (Å²) in [5, 5.41) is 6.27. The highest BCUT2D eigenvalue weighted by Crippen LogP contribution is 2.32. The second kappa shape index (κ2) is 5.17. The number of nitrogens with one attached hydrogen (secondary N) is 2. The molecule has 0 aromatic heterocycles. The summed E-state index contributed by atoms with van der Waals surface area (Å²) in [5.41, 5.74) is 2.45. The predicted molar refractivity (Wildman–Crippen MR) is 81.0 cm³/mol. The van der Waals surface area contributed by atoms with Crippen molar-refractivity contribution in [3.05, 3.63) is 58.1 Å². The Hall–Kier alpha value is -2.01. The minimum Gasteiger partial charge on any atom is -0.497 e. The first-order chi connectivity index (χ1) is 9.69. The Bertz CT molecular complexity index is 673. The topological polar surface area (TPSA) is 50.4 Å². The van der Waals surface area contributed by atoms with Gasteiger partial charge in [0.15, 0.2) is 0 Å². The zero-order chi connectivity index (χ0) is 14.1. The lowest BCUT2D eigenvalue weighted by Crippen LogP contribution is -2.38. The summed E-state index contributed by atoms with van der Waals surface area (Å²) < 4.78 is 6.06. The second-order valence-corrected chi connectivity index (χ2v) is 5.34. The monoisotopic (exact) mass is 332 g/mol. The van der Waals surface area contributed by atoms with E-state index in [1.54, 1.807) is 13.2 Å². The Morgan fingerprint density at radius 3 is 2.70 bits per heavy atom. The molecule has 0 saturated carbocycles. The lowest BCUT2D eigenvalue weighted by Gasteiger charge is -2.28. The average Bonchev–Trinajstić information content (AvgIpc) is 2.47. The number of amides is 1.